The molecule has 0 aliphatic rings. The maximum atomic E-state index is 12.5. The maximum absolute atomic E-state index is 12.5. The topological polar surface area (TPSA) is 95.1 Å². The average Bonchev–Trinajstić information content (AvgIpc) is 2.94. The fourth-order valence-corrected chi connectivity index (χ4v) is 3.82. The number of amides is 2. The second-order valence-corrected chi connectivity index (χ2v) is 8.72. The first-order valence-electron chi connectivity index (χ1n) is 13.8. The molecule has 0 aliphatic carbocycles. The predicted molar refractivity (Wildman–Crippen MR) is 149 cm³/mol. The van der Waals surface area contributed by atoms with Gasteiger partial charge >= 0.3 is 0 Å². The molecule has 0 spiro atoms. The molecule has 2 N–H and O–H groups in total. The molecule has 0 fully saturated rings. The summed E-state index contributed by atoms with van der Waals surface area (Å²) in [5, 5.41) is 5.98. The largest absolute Gasteiger partial charge is 0.490 e. The zero-order chi connectivity index (χ0) is 27.3. The van der Waals surface area contributed by atoms with E-state index in [1.807, 2.05) is 38.1 Å². The average molecular weight is 529 g/mol. The van der Waals surface area contributed by atoms with Crippen molar-refractivity contribution >= 4 is 11.8 Å². The normalized spacial score (nSPS) is 10.7. The Hall–Kier alpha value is -3.10. The highest BCUT2D eigenvalue weighted by molar-refractivity contribution is 5.97. The lowest BCUT2D eigenvalue weighted by molar-refractivity contribution is 0.0928. The van der Waals surface area contributed by atoms with Crippen molar-refractivity contribution in [3.05, 3.63) is 59.7 Å². The molecule has 0 atom stereocenters. The third kappa shape index (κ3) is 12.4. The standard InChI is InChI=1S/C30H44N2O6/c1-3-35-21-23-37-27-17-11-9-15-25(27)29(33)31-19-13-7-5-6-8-14-20-32-30(34)26-16-10-12-18-28(26)38-24-22-36-4-2/h9-12,15-18H,3-8,13-14,19-24H2,1-2H3,(H,31,33)(H,32,34). The van der Waals surface area contributed by atoms with Crippen LogP contribution in [0.4, 0.5) is 0 Å². The quantitative estimate of drug-likeness (QED) is 0.221. The number of hydrogen-bond acceptors (Lipinski definition) is 6. The van der Waals surface area contributed by atoms with Crippen LogP contribution >= 0.6 is 0 Å². The molecule has 38 heavy (non-hydrogen) atoms. The Kier molecular flexibility index (Phi) is 16.3. The molecule has 0 bridgehead atoms. The van der Waals surface area contributed by atoms with Gasteiger partial charge in [-0.2, -0.15) is 0 Å². The molecule has 0 aliphatic heterocycles. The summed E-state index contributed by atoms with van der Waals surface area (Å²) in [5.41, 5.74) is 1.09. The van der Waals surface area contributed by atoms with Gasteiger partial charge in [0.15, 0.2) is 0 Å². The monoisotopic (exact) mass is 528 g/mol. The van der Waals surface area contributed by atoms with Crippen LogP contribution in [0.15, 0.2) is 48.5 Å². The Balaban J connectivity index is 1.54. The third-order valence-corrected chi connectivity index (χ3v) is 5.82. The fraction of sp³-hybridized carbons (Fsp3) is 0.533. The van der Waals surface area contributed by atoms with Crippen molar-refractivity contribution in [1.82, 2.24) is 10.6 Å². The van der Waals surface area contributed by atoms with Crippen molar-refractivity contribution in [3.8, 4) is 11.5 Å². The molecule has 2 rings (SSSR count). The van der Waals surface area contributed by atoms with Crippen LogP contribution in [-0.4, -0.2) is 64.5 Å². The number of rotatable bonds is 21. The lowest BCUT2D eigenvalue weighted by Crippen LogP contribution is -2.25. The van der Waals surface area contributed by atoms with Crippen LogP contribution < -0.4 is 20.1 Å². The Morgan fingerprint density at radius 3 is 1.39 bits per heavy atom. The minimum absolute atomic E-state index is 0.117. The van der Waals surface area contributed by atoms with Crippen LogP contribution in [0.5, 0.6) is 11.5 Å². The number of hydrogen-bond donors (Lipinski definition) is 2. The lowest BCUT2D eigenvalue weighted by Gasteiger charge is -2.12. The Morgan fingerprint density at radius 2 is 0.974 bits per heavy atom. The van der Waals surface area contributed by atoms with Crippen LogP contribution in [-0.2, 0) is 9.47 Å². The fourth-order valence-electron chi connectivity index (χ4n) is 3.82. The molecular formula is C30H44N2O6. The van der Waals surface area contributed by atoms with Crippen molar-refractivity contribution < 1.29 is 28.5 Å². The lowest BCUT2D eigenvalue weighted by atomic mass is 10.1. The van der Waals surface area contributed by atoms with Gasteiger partial charge in [-0.15, -0.1) is 0 Å². The van der Waals surface area contributed by atoms with E-state index in [1.165, 1.54) is 0 Å². The van der Waals surface area contributed by atoms with Gasteiger partial charge in [0.1, 0.15) is 24.7 Å². The van der Waals surface area contributed by atoms with Crippen molar-refractivity contribution in [2.45, 2.75) is 52.4 Å². The molecular weight excluding hydrogens is 484 g/mol. The van der Waals surface area contributed by atoms with E-state index in [4.69, 9.17) is 18.9 Å². The summed E-state index contributed by atoms with van der Waals surface area (Å²) in [4.78, 5) is 25.1. The highest BCUT2D eigenvalue weighted by Gasteiger charge is 2.12. The number of carbonyl (C=O) groups is 2. The van der Waals surface area contributed by atoms with Crippen LogP contribution in [0.3, 0.4) is 0 Å². The van der Waals surface area contributed by atoms with Gasteiger partial charge in [0, 0.05) is 26.3 Å². The van der Waals surface area contributed by atoms with E-state index in [-0.39, 0.29) is 11.8 Å². The van der Waals surface area contributed by atoms with E-state index in [1.54, 1.807) is 24.3 Å². The number of benzene rings is 2. The molecule has 8 heteroatoms. The van der Waals surface area contributed by atoms with Crippen molar-refractivity contribution in [3.63, 3.8) is 0 Å². The van der Waals surface area contributed by atoms with Gasteiger partial charge in [0.2, 0.25) is 0 Å². The first kappa shape index (κ1) is 31.1. The molecule has 2 aromatic rings. The molecule has 2 aromatic carbocycles. The second kappa shape index (κ2) is 19.9. The maximum Gasteiger partial charge on any atom is 0.255 e. The molecule has 0 aromatic heterocycles. The van der Waals surface area contributed by atoms with Gasteiger partial charge < -0.3 is 29.6 Å². The van der Waals surface area contributed by atoms with Gasteiger partial charge in [0.25, 0.3) is 11.8 Å². The summed E-state index contributed by atoms with van der Waals surface area (Å²) in [5.74, 6) is 0.923. The third-order valence-electron chi connectivity index (χ3n) is 5.82. The molecule has 0 unspecified atom stereocenters. The van der Waals surface area contributed by atoms with E-state index >= 15 is 0 Å². The summed E-state index contributed by atoms with van der Waals surface area (Å²) in [6, 6.07) is 14.6. The zero-order valence-corrected chi connectivity index (χ0v) is 23.0. The van der Waals surface area contributed by atoms with Gasteiger partial charge in [-0.3, -0.25) is 9.59 Å². The minimum Gasteiger partial charge on any atom is -0.490 e. The number of nitrogens with one attached hydrogen (secondary N) is 2. The van der Waals surface area contributed by atoms with Gasteiger partial charge in [-0.05, 0) is 51.0 Å². The van der Waals surface area contributed by atoms with Gasteiger partial charge in [0.05, 0.1) is 24.3 Å². The molecule has 0 heterocycles. The van der Waals surface area contributed by atoms with Crippen LogP contribution in [0.25, 0.3) is 0 Å². The summed E-state index contributed by atoms with van der Waals surface area (Å²) in [7, 11) is 0. The van der Waals surface area contributed by atoms with Gasteiger partial charge in [-0.1, -0.05) is 49.9 Å². The first-order valence-corrected chi connectivity index (χ1v) is 13.8. The molecule has 210 valence electrons. The zero-order valence-electron chi connectivity index (χ0n) is 23.0. The first-order chi connectivity index (χ1) is 18.7. The van der Waals surface area contributed by atoms with Crippen molar-refractivity contribution in [2.75, 3.05) is 52.7 Å². The Morgan fingerprint density at radius 1 is 0.579 bits per heavy atom. The van der Waals surface area contributed by atoms with E-state index < -0.39 is 0 Å². The minimum atomic E-state index is -0.117. The van der Waals surface area contributed by atoms with E-state index in [2.05, 4.69) is 10.6 Å². The number of ether oxygens (including phenoxy) is 4. The number of carbonyl (C=O) groups excluding carboxylic acids is 2. The van der Waals surface area contributed by atoms with E-state index in [0.29, 0.717) is 75.4 Å². The highest BCUT2D eigenvalue weighted by Crippen LogP contribution is 2.19. The molecule has 2 amide bonds. The van der Waals surface area contributed by atoms with Crippen LogP contribution in [0.1, 0.15) is 73.1 Å². The molecule has 0 saturated heterocycles. The summed E-state index contributed by atoms with van der Waals surface area (Å²) in [6.45, 7) is 8.25. The SMILES string of the molecule is CCOCCOc1ccccc1C(=O)NCCCCCCCCNC(=O)c1ccccc1OCCOCC. The number of para-hydroxylation sites is 2. The highest BCUT2D eigenvalue weighted by atomic mass is 16.5. The molecule has 0 saturated carbocycles. The summed E-state index contributed by atoms with van der Waals surface area (Å²) >= 11 is 0. The predicted octanol–water partition coefficient (Wildman–Crippen LogP) is 5.02. The smallest absolute Gasteiger partial charge is 0.255 e. The van der Waals surface area contributed by atoms with E-state index in [9.17, 15) is 9.59 Å². The van der Waals surface area contributed by atoms with Crippen molar-refractivity contribution in [1.29, 1.82) is 0 Å². The Bertz CT molecular complexity index is 861. The van der Waals surface area contributed by atoms with Crippen LogP contribution in [0.2, 0.25) is 0 Å². The van der Waals surface area contributed by atoms with Crippen molar-refractivity contribution in [2.24, 2.45) is 0 Å². The molecule has 0 radical (unpaired) electrons. The van der Waals surface area contributed by atoms with Crippen LogP contribution in [0, 0.1) is 0 Å². The van der Waals surface area contributed by atoms with Gasteiger partial charge in [-0.25, -0.2) is 0 Å². The van der Waals surface area contributed by atoms with E-state index in [0.717, 1.165) is 38.5 Å². The Labute approximate surface area is 227 Å². The number of unbranched alkanes of at least 4 members (excludes halogenated alkanes) is 5. The summed E-state index contributed by atoms with van der Waals surface area (Å²) in [6.07, 6.45) is 6.14. The summed E-state index contributed by atoms with van der Waals surface area (Å²) < 4.78 is 22.0. The molecule has 8 nitrogen and oxygen atoms in total. The second-order valence-electron chi connectivity index (χ2n) is 8.72.